The molecular formula is C24H25F4N5O. The summed E-state index contributed by atoms with van der Waals surface area (Å²) in [7, 11) is 0. The Balaban J connectivity index is 1.55. The van der Waals surface area contributed by atoms with Crippen LogP contribution in [0.25, 0.3) is 5.69 Å². The maximum absolute atomic E-state index is 13.8. The van der Waals surface area contributed by atoms with Crippen LogP contribution in [0.2, 0.25) is 0 Å². The number of carbonyl (C=O) groups is 1. The number of rotatable bonds is 5. The number of nitrogens with zero attached hydrogens (tertiary/aromatic N) is 3. The molecule has 0 aliphatic carbocycles. The lowest BCUT2D eigenvalue weighted by Gasteiger charge is -2.21. The summed E-state index contributed by atoms with van der Waals surface area (Å²) < 4.78 is 54.5. The molecule has 2 atom stereocenters. The topological polar surface area (TPSA) is 62.2 Å². The Kier molecular flexibility index (Phi) is 6.60. The lowest BCUT2D eigenvalue weighted by molar-refractivity contribution is -0.143. The van der Waals surface area contributed by atoms with E-state index < -0.39 is 36.5 Å². The number of nitrogens with one attached hydrogen (secondary N) is 2. The number of anilines is 1. The fraction of sp³-hybridized carbons (Fsp3) is 0.333. The smallest absolute Gasteiger partial charge is 0.333 e. The van der Waals surface area contributed by atoms with Crippen molar-refractivity contribution in [2.75, 3.05) is 25.0 Å². The van der Waals surface area contributed by atoms with Crippen LogP contribution in [0.15, 0.2) is 54.6 Å². The van der Waals surface area contributed by atoms with E-state index in [9.17, 15) is 22.4 Å². The van der Waals surface area contributed by atoms with Gasteiger partial charge in [-0.25, -0.2) is 13.9 Å². The summed E-state index contributed by atoms with van der Waals surface area (Å²) in [6.07, 6.45) is -4.37. The first-order valence-corrected chi connectivity index (χ1v) is 10.8. The number of aromatic nitrogens is 2. The van der Waals surface area contributed by atoms with E-state index in [-0.39, 0.29) is 13.1 Å². The third kappa shape index (κ3) is 5.39. The first-order valence-electron chi connectivity index (χ1n) is 10.8. The number of amides is 2. The molecule has 1 unspecified atom stereocenters. The van der Waals surface area contributed by atoms with Gasteiger partial charge in [0.2, 0.25) is 0 Å². The minimum Gasteiger partial charge on any atom is -0.333 e. The van der Waals surface area contributed by atoms with Crippen LogP contribution >= 0.6 is 0 Å². The molecule has 0 bridgehead atoms. The minimum atomic E-state index is -4.37. The molecular weight excluding hydrogens is 450 g/mol. The Morgan fingerprint density at radius 3 is 2.50 bits per heavy atom. The first-order chi connectivity index (χ1) is 16.1. The number of alkyl halides is 3. The second kappa shape index (κ2) is 9.46. The molecule has 2 heterocycles. The molecule has 180 valence electrons. The summed E-state index contributed by atoms with van der Waals surface area (Å²) >= 11 is 0. The minimum absolute atomic E-state index is 0.00985. The summed E-state index contributed by atoms with van der Waals surface area (Å²) in [6.45, 7) is 2.59. The Bertz CT molecular complexity index is 1160. The Morgan fingerprint density at radius 1 is 1.09 bits per heavy atom. The largest absolute Gasteiger partial charge is 0.401 e. The van der Waals surface area contributed by atoms with E-state index in [1.807, 2.05) is 44.2 Å². The summed E-state index contributed by atoms with van der Waals surface area (Å²) in [4.78, 5) is 14.2. The zero-order valence-corrected chi connectivity index (χ0v) is 18.7. The van der Waals surface area contributed by atoms with E-state index in [0.717, 1.165) is 16.9 Å². The van der Waals surface area contributed by atoms with Crippen LogP contribution in [0, 0.1) is 19.7 Å². The van der Waals surface area contributed by atoms with Gasteiger partial charge in [0.1, 0.15) is 11.6 Å². The van der Waals surface area contributed by atoms with Crippen LogP contribution in [0.4, 0.5) is 28.2 Å². The van der Waals surface area contributed by atoms with E-state index in [0.29, 0.717) is 11.4 Å². The third-order valence-corrected chi connectivity index (χ3v) is 5.98. The zero-order chi connectivity index (χ0) is 24.5. The van der Waals surface area contributed by atoms with E-state index in [1.165, 1.54) is 23.1 Å². The Hall–Kier alpha value is -3.40. The number of aryl methyl sites for hydroxylation is 1. The van der Waals surface area contributed by atoms with Crippen LogP contribution < -0.4 is 10.6 Å². The van der Waals surface area contributed by atoms with Crippen molar-refractivity contribution in [1.29, 1.82) is 0 Å². The second-order valence-electron chi connectivity index (χ2n) is 8.48. The van der Waals surface area contributed by atoms with Crippen molar-refractivity contribution in [2.45, 2.75) is 32.0 Å². The molecule has 1 aromatic heterocycles. The normalized spacial score (nSPS) is 18.8. The maximum atomic E-state index is 13.8. The van der Waals surface area contributed by atoms with Crippen LogP contribution in [0.1, 0.15) is 22.7 Å². The average molecular weight is 475 g/mol. The van der Waals surface area contributed by atoms with Gasteiger partial charge in [-0.3, -0.25) is 10.2 Å². The van der Waals surface area contributed by atoms with Crippen molar-refractivity contribution < 1.29 is 22.4 Å². The van der Waals surface area contributed by atoms with Crippen LogP contribution in [0.5, 0.6) is 0 Å². The predicted molar refractivity (Wildman–Crippen MR) is 121 cm³/mol. The first kappa shape index (κ1) is 23.7. The summed E-state index contributed by atoms with van der Waals surface area (Å²) in [5, 5.41) is 10.1. The lowest BCUT2D eigenvalue weighted by Crippen LogP contribution is -2.43. The van der Waals surface area contributed by atoms with Gasteiger partial charge in [-0.1, -0.05) is 30.3 Å². The molecule has 10 heteroatoms. The summed E-state index contributed by atoms with van der Waals surface area (Å²) in [5.74, 6) is -0.507. The number of halogens is 4. The van der Waals surface area contributed by atoms with Crippen molar-refractivity contribution in [2.24, 2.45) is 0 Å². The summed E-state index contributed by atoms with van der Waals surface area (Å²) in [5.41, 5.74) is 2.79. The SMILES string of the molecule is Cc1nn(-c2ccccc2)c(NC(=O)N[C@H]2CN(CC(F)(F)F)CC2c2cccc(F)c2)c1C. The van der Waals surface area contributed by atoms with Gasteiger partial charge in [-0.15, -0.1) is 0 Å². The molecule has 4 rings (SSSR count). The zero-order valence-electron chi connectivity index (χ0n) is 18.7. The molecule has 1 fully saturated rings. The third-order valence-electron chi connectivity index (χ3n) is 5.98. The number of likely N-dealkylation sites (tertiary alicyclic amines) is 1. The Labute approximate surface area is 194 Å². The highest BCUT2D eigenvalue weighted by Crippen LogP contribution is 2.31. The van der Waals surface area contributed by atoms with Gasteiger partial charge in [0.15, 0.2) is 0 Å². The van der Waals surface area contributed by atoms with Gasteiger partial charge in [-0.05, 0) is 43.7 Å². The molecule has 0 saturated carbocycles. The molecule has 0 spiro atoms. The average Bonchev–Trinajstić information content (AvgIpc) is 3.28. The standard InChI is InChI=1S/C24H25F4N5O/c1-15-16(2)31-33(19-9-4-3-5-10-19)22(15)30-23(34)29-21-13-32(14-24(26,27)28)12-20(21)17-7-6-8-18(25)11-17/h3-11,20-21H,12-14H2,1-2H3,(H2,29,30,34)/t20?,21-/m0/s1. The van der Waals surface area contributed by atoms with Crippen LogP contribution in [-0.2, 0) is 0 Å². The van der Waals surface area contributed by atoms with Gasteiger partial charge in [0.05, 0.1) is 24.0 Å². The van der Waals surface area contributed by atoms with Crippen LogP contribution in [0.3, 0.4) is 0 Å². The predicted octanol–water partition coefficient (Wildman–Crippen LogP) is 4.78. The lowest BCUT2D eigenvalue weighted by atomic mass is 9.94. The maximum Gasteiger partial charge on any atom is 0.401 e. The molecule has 34 heavy (non-hydrogen) atoms. The highest BCUT2D eigenvalue weighted by atomic mass is 19.4. The van der Waals surface area contributed by atoms with Crippen molar-refractivity contribution in [1.82, 2.24) is 20.0 Å². The highest BCUT2D eigenvalue weighted by Gasteiger charge is 2.40. The van der Waals surface area contributed by atoms with Gasteiger partial charge >= 0.3 is 12.2 Å². The number of benzene rings is 2. The number of hydrogen-bond donors (Lipinski definition) is 2. The Morgan fingerprint density at radius 2 is 1.82 bits per heavy atom. The molecule has 0 radical (unpaired) electrons. The van der Waals surface area contributed by atoms with Crippen molar-refractivity contribution in [3.63, 3.8) is 0 Å². The quantitative estimate of drug-likeness (QED) is 0.522. The monoisotopic (exact) mass is 475 g/mol. The fourth-order valence-corrected chi connectivity index (χ4v) is 4.31. The number of carbonyl (C=O) groups excluding carboxylic acids is 1. The van der Waals surface area contributed by atoms with Crippen molar-refractivity contribution >= 4 is 11.8 Å². The molecule has 1 aliphatic heterocycles. The molecule has 6 nitrogen and oxygen atoms in total. The highest BCUT2D eigenvalue weighted by molar-refractivity contribution is 5.90. The molecule has 2 aromatic carbocycles. The fourth-order valence-electron chi connectivity index (χ4n) is 4.31. The van der Waals surface area contributed by atoms with E-state index in [1.54, 1.807) is 10.7 Å². The van der Waals surface area contributed by atoms with Gasteiger partial charge in [0.25, 0.3) is 0 Å². The van der Waals surface area contributed by atoms with Gasteiger partial charge in [0, 0.05) is 24.6 Å². The van der Waals surface area contributed by atoms with E-state index in [4.69, 9.17) is 0 Å². The number of para-hydroxylation sites is 1. The molecule has 1 saturated heterocycles. The van der Waals surface area contributed by atoms with Gasteiger partial charge in [-0.2, -0.15) is 18.3 Å². The molecule has 1 aliphatic rings. The molecule has 3 aromatic rings. The van der Waals surface area contributed by atoms with Crippen molar-refractivity contribution in [3.8, 4) is 5.69 Å². The van der Waals surface area contributed by atoms with E-state index in [2.05, 4.69) is 15.7 Å². The number of hydrogen-bond acceptors (Lipinski definition) is 3. The van der Waals surface area contributed by atoms with Crippen molar-refractivity contribution in [3.05, 3.63) is 77.2 Å². The van der Waals surface area contributed by atoms with Crippen LogP contribution in [-0.4, -0.2) is 52.6 Å². The molecule has 2 amide bonds. The van der Waals surface area contributed by atoms with E-state index >= 15 is 0 Å². The summed E-state index contributed by atoms with van der Waals surface area (Å²) in [6, 6.07) is 13.8. The van der Waals surface area contributed by atoms with Gasteiger partial charge < -0.3 is 5.32 Å². The number of urea groups is 1. The molecule has 2 N–H and O–H groups in total. The second-order valence-corrected chi connectivity index (χ2v) is 8.48.